The molecule has 1 heterocycles. The molecule has 0 bridgehead atoms. The molecule has 7 heteroatoms. The van der Waals surface area contributed by atoms with Gasteiger partial charge in [-0.15, -0.1) is 0 Å². The third kappa shape index (κ3) is 4.05. The molecule has 4 nitrogen and oxygen atoms in total. The molecule has 0 amide bonds. The number of rotatable bonds is 6. The minimum atomic E-state index is -3.58. The van der Waals surface area contributed by atoms with E-state index in [0.717, 1.165) is 12.8 Å². The van der Waals surface area contributed by atoms with Crippen molar-refractivity contribution in [2.24, 2.45) is 5.92 Å². The zero-order valence-corrected chi connectivity index (χ0v) is 12.9. The van der Waals surface area contributed by atoms with Crippen molar-refractivity contribution in [1.82, 2.24) is 9.71 Å². The molecule has 0 spiro atoms. The average molecular weight is 323 g/mol. The quantitative estimate of drug-likeness (QED) is 0.818. The molecule has 1 N–H and O–H groups in total. The maximum atomic E-state index is 12.2. The Balaban J connectivity index is 2.13. The lowest BCUT2D eigenvalue weighted by molar-refractivity contribution is 0.495. The SMILES string of the molecule is CCC(CC1CC1)NS(=O)(=O)c1cnc(Cl)c(Cl)c1. The van der Waals surface area contributed by atoms with Crippen LogP contribution in [0.3, 0.4) is 0 Å². The molecule has 1 aliphatic rings. The van der Waals surface area contributed by atoms with Gasteiger partial charge in [-0.1, -0.05) is 43.0 Å². The van der Waals surface area contributed by atoms with Crippen molar-refractivity contribution < 1.29 is 8.42 Å². The summed E-state index contributed by atoms with van der Waals surface area (Å²) in [5.74, 6) is 0.666. The highest BCUT2D eigenvalue weighted by atomic mass is 35.5. The average Bonchev–Trinajstić information content (AvgIpc) is 3.15. The molecule has 1 atom stereocenters. The molecule has 0 aliphatic heterocycles. The lowest BCUT2D eigenvalue weighted by atomic mass is 10.1. The molecule has 1 saturated carbocycles. The smallest absolute Gasteiger partial charge is 0.242 e. The number of halogens is 2. The minimum Gasteiger partial charge on any atom is -0.242 e. The van der Waals surface area contributed by atoms with Crippen LogP contribution in [0.1, 0.15) is 32.6 Å². The highest BCUT2D eigenvalue weighted by molar-refractivity contribution is 7.89. The molecular weight excluding hydrogens is 307 g/mol. The van der Waals surface area contributed by atoms with Crippen molar-refractivity contribution in [1.29, 1.82) is 0 Å². The summed E-state index contributed by atoms with van der Waals surface area (Å²) >= 11 is 11.5. The summed E-state index contributed by atoms with van der Waals surface area (Å²) in [5.41, 5.74) is 0. The van der Waals surface area contributed by atoms with Gasteiger partial charge < -0.3 is 0 Å². The fourth-order valence-corrected chi connectivity index (χ4v) is 3.53. The number of nitrogens with zero attached hydrogens (tertiary/aromatic N) is 1. The number of pyridine rings is 1. The van der Waals surface area contributed by atoms with E-state index < -0.39 is 10.0 Å². The van der Waals surface area contributed by atoms with Gasteiger partial charge in [0.1, 0.15) is 10.0 Å². The Morgan fingerprint density at radius 3 is 2.68 bits per heavy atom. The van der Waals surface area contributed by atoms with E-state index in [-0.39, 0.29) is 21.1 Å². The fraction of sp³-hybridized carbons (Fsp3) is 0.583. The molecule has 19 heavy (non-hydrogen) atoms. The third-order valence-electron chi connectivity index (χ3n) is 3.21. The van der Waals surface area contributed by atoms with Gasteiger partial charge in [-0.2, -0.15) is 0 Å². The van der Waals surface area contributed by atoms with Gasteiger partial charge in [0.2, 0.25) is 10.0 Å². The van der Waals surface area contributed by atoms with E-state index in [0.29, 0.717) is 5.92 Å². The second-order valence-corrected chi connectivity index (χ2v) is 7.33. The number of sulfonamides is 1. The summed E-state index contributed by atoms with van der Waals surface area (Å²) in [6.07, 6.45) is 5.29. The monoisotopic (exact) mass is 322 g/mol. The Kier molecular flexibility index (Phi) is 4.71. The Morgan fingerprint density at radius 1 is 1.47 bits per heavy atom. The topological polar surface area (TPSA) is 59.1 Å². The van der Waals surface area contributed by atoms with Crippen LogP contribution in [0.4, 0.5) is 0 Å². The second-order valence-electron chi connectivity index (χ2n) is 4.85. The van der Waals surface area contributed by atoms with E-state index >= 15 is 0 Å². The standard InChI is InChI=1S/C12H16Cl2N2O2S/c1-2-9(5-8-3-4-8)16-19(17,18)10-6-11(13)12(14)15-7-10/h6-9,16H,2-5H2,1H3. The van der Waals surface area contributed by atoms with Crippen LogP contribution < -0.4 is 4.72 Å². The molecule has 1 unspecified atom stereocenters. The summed E-state index contributed by atoms with van der Waals surface area (Å²) in [6.45, 7) is 1.97. The number of nitrogens with one attached hydrogen (secondary N) is 1. The first-order valence-electron chi connectivity index (χ1n) is 6.25. The van der Waals surface area contributed by atoms with Crippen LogP contribution in [0.5, 0.6) is 0 Å². The van der Waals surface area contributed by atoms with Gasteiger partial charge in [-0.3, -0.25) is 0 Å². The normalized spacial score (nSPS) is 17.4. The van der Waals surface area contributed by atoms with Crippen molar-refractivity contribution in [2.45, 2.75) is 43.5 Å². The molecule has 0 radical (unpaired) electrons. The molecular formula is C12H16Cl2N2O2S. The van der Waals surface area contributed by atoms with E-state index in [2.05, 4.69) is 9.71 Å². The van der Waals surface area contributed by atoms with Crippen molar-refractivity contribution in [3.8, 4) is 0 Å². The summed E-state index contributed by atoms with van der Waals surface area (Å²) in [7, 11) is -3.58. The summed E-state index contributed by atoms with van der Waals surface area (Å²) < 4.78 is 27.1. The van der Waals surface area contributed by atoms with Crippen LogP contribution in [0.2, 0.25) is 10.2 Å². The Labute approximate surface area is 123 Å². The lowest BCUT2D eigenvalue weighted by Gasteiger charge is -2.16. The molecule has 0 aromatic carbocycles. The second kappa shape index (κ2) is 5.95. The fourth-order valence-electron chi connectivity index (χ4n) is 1.89. The van der Waals surface area contributed by atoms with Crippen LogP contribution in [-0.2, 0) is 10.0 Å². The van der Waals surface area contributed by atoms with Crippen LogP contribution >= 0.6 is 23.2 Å². The zero-order valence-electron chi connectivity index (χ0n) is 10.6. The molecule has 1 aromatic rings. The van der Waals surface area contributed by atoms with Gasteiger partial charge >= 0.3 is 0 Å². The molecule has 0 saturated heterocycles. The highest BCUT2D eigenvalue weighted by Crippen LogP contribution is 2.34. The first kappa shape index (κ1) is 15.0. The van der Waals surface area contributed by atoms with E-state index in [9.17, 15) is 8.42 Å². The molecule has 1 aliphatic carbocycles. The van der Waals surface area contributed by atoms with Crippen molar-refractivity contribution >= 4 is 33.2 Å². The molecule has 1 fully saturated rings. The first-order chi connectivity index (χ1) is 8.92. The van der Waals surface area contributed by atoms with Crippen molar-refractivity contribution in [2.75, 3.05) is 0 Å². The van der Waals surface area contributed by atoms with Crippen molar-refractivity contribution in [3.63, 3.8) is 0 Å². The van der Waals surface area contributed by atoms with Gasteiger partial charge in [0.25, 0.3) is 0 Å². The highest BCUT2D eigenvalue weighted by Gasteiger charge is 2.27. The first-order valence-corrected chi connectivity index (χ1v) is 8.49. The summed E-state index contributed by atoms with van der Waals surface area (Å²) in [6, 6.07) is 1.29. The van der Waals surface area contributed by atoms with E-state index in [1.165, 1.54) is 25.1 Å². The molecule has 2 rings (SSSR count). The Morgan fingerprint density at radius 2 is 2.16 bits per heavy atom. The minimum absolute atomic E-state index is 0.0352. The van der Waals surface area contributed by atoms with Crippen LogP contribution in [-0.4, -0.2) is 19.4 Å². The van der Waals surface area contributed by atoms with Gasteiger partial charge in [0.05, 0.1) is 5.02 Å². The van der Waals surface area contributed by atoms with Gasteiger partial charge in [0.15, 0.2) is 0 Å². The molecule has 1 aromatic heterocycles. The maximum Gasteiger partial charge on any atom is 0.242 e. The zero-order chi connectivity index (χ0) is 14.0. The summed E-state index contributed by atoms with van der Waals surface area (Å²) in [4.78, 5) is 3.82. The van der Waals surface area contributed by atoms with Crippen molar-refractivity contribution in [3.05, 3.63) is 22.4 Å². The van der Waals surface area contributed by atoms with E-state index in [1.807, 2.05) is 6.92 Å². The van der Waals surface area contributed by atoms with E-state index in [4.69, 9.17) is 23.2 Å². The number of aromatic nitrogens is 1. The predicted octanol–water partition coefficient (Wildman–Crippen LogP) is 3.25. The third-order valence-corrected chi connectivity index (χ3v) is 5.38. The Bertz CT molecular complexity index is 559. The van der Waals surface area contributed by atoms with Crippen LogP contribution in [0.15, 0.2) is 17.2 Å². The predicted molar refractivity (Wildman–Crippen MR) is 76.0 cm³/mol. The van der Waals surface area contributed by atoms with Gasteiger partial charge in [-0.25, -0.2) is 18.1 Å². The maximum absolute atomic E-state index is 12.2. The molecule has 106 valence electrons. The lowest BCUT2D eigenvalue weighted by Crippen LogP contribution is -2.34. The largest absolute Gasteiger partial charge is 0.242 e. The van der Waals surface area contributed by atoms with Gasteiger partial charge in [0, 0.05) is 12.2 Å². The number of hydrogen-bond donors (Lipinski definition) is 1. The van der Waals surface area contributed by atoms with E-state index in [1.54, 1.807) is 0 Å². The van der Waals surface area contributed by atoms with Gasteiger partial charge in [-0.05, 0) is 24.8 Å². The number of hydrogen-bond acceptors (Lipinski definition) is 3. The van der Waals surface area contributed by atoms with Crippen LogP contribution in [0, 0.1) is 5.92 Å². The Hall–Kier alpha value is -0.360. The summed E-state index contributed by atoms with van der Waals surface area (Å²) in [5, 5.41) is 0.241. The van der Waals surface area contributed by atoms with Crippen LogP contribution in [0.25, 0.3) is 0 Å².